The van der Waals surface area contributed by atoms with Crippen molar-refractivity contribution in [3.63, 3.8) is 0 Å². The standard InChI is InChI=1S/C25H24BrN3O7S/c1-34-20-12-16(6-7-19(20)36-15-23(31)28-8-10-35-11-9-28)13-21-24(32)29(25(33)37-21)14-22(30)27-18-5-3-2-4-17(18)26/h2-7,12-13H,8-11,14-15H2,1H3,(H,27,30)/b21-13-. The number of anilines is 1. The number of nitrogens with zero attached hydrogens (tertiary/aromatic N) is 2. The first-order valence-electron chi connectivity index (χ1n) is 11.3. The highest BCUT2D eigenvalue weighted by Gasteiger charge is 2.36. The SMILES string of the molecule is COc1cc(/C=C2\SC(=O)N(CC(=O)Nc3ccccc3Br)C2=O)ccc1OCC(=O)N1CCOCC1. The first kappa shape index (κ1) is 26.7. The lowest BCUT2D eigenvalue weighted by molar-refractivity contribution is -0.137. The van der Waals surface area contributed by atoms with Gasteiger partial charge in [-0.15, -0.1) is 0 Å². The van der Waals surface area contributed by atoms with Gasteiger partial charge in [-0.3, -0.25) is 24.1 Å². The summed E-state index contributed by atoms with van der Waals surface area (Å²) in [5.74, 6) is -0.460. The maximum atomic E-state index is 12.8. The predicted octanol–water partition coefficient (Wildman–Crippen LogP) is 3.37. The molecule has 0 bridgehead atoms. The van der Waals surface area contributed by atoms with Gasteiger partial charge in [0.15, 0.2) is 18.1 Å². The molecule has 2 saturated heterocycles. The number of hydrogen-bond donors (Lipinski definition) is 1. The van der Waals surface area contributed by atoms with Gasteiger partial charge >= 0.3 is 0 Å². The molecule has 0 unspecified atom stereocenters. The van der Waals surface area contributed by atoms with Crippen LogP contribution in [0.1, 0.15) is 5.56 Å². The molecule has 2 aliphatic heterocycles. The first-order valence-corrected chi connectivity index (χ1v) is 12.9. The molecule has 4 amide bonds. The van der Waals surface area contributed by atoms with E-state index in [2.05, 4.69) is 21.2 Å². The van der Waals surface area contributed by atoms with E-state index in [1.165, 1.54) is 7.11 Å². The molecule has 0 radical (unpaired) electrons. The molecule has 2 aromatic carbocycles. The molecule has 2 heterocycles. The second-order valence-corrected chi connectivity index (χ2v) is 9.84. The Kier molecular flexibility index (Phi) is 8.85. The zero-order valence-corrected chi connectivity index (χ0v) is 22.3. The number of methoxy groups -OCH3 is 1. The van der Waals surface area contributed by atoms with Crippen LogP contribution in [0.3, 0.4) is 0 Å². The third kappa shape index (κ3) is 6.70. The zero-order valence-electron chi connectivity index (χ0n) is 19.9. The number of carbonyl (C=O) groups excluding carboxylic acids is 4. The molecule has 0 atom stereocenters. The lowest BCUT2D eigenvalue weighted by Crippen LogP contribution is -2.43. The maximum Gasteiger partial charge on any atom is 0.294 e. The summed E-state index contributed by atoms with van der Waals surface area (Å²) >= 11 is 4.09. The van der Waals surface area contributed by atoms with Crippen LogP contribution in [-0.2, 0) is 19.1 Å². The molecule has 2 fully saturated rings. The van der Waals surface area contributed by atoms with Gasteiger partial charge in [-0.05, 0) is 63.6 Å². The number of morpholine rings is 1. The number of nitrogens with one attached hydrogen (secondary N) is 1. The minimum atomic E-state index is -0.562. The number of hydrogen-bond acceptors (Lipinski definition) is 8. The summed E-state index contributed by atoms with van der Waals surface area (Å²) in [6.07, 6.45) is 1.54. The molecule has 0 aliphatic carbocycles. The number of ether oxygens (including phenoxy) is 3. The van der Waals surface area contributed by atoms with Gasteiger partial charge in [0.05, 0.1) is 30.9 Å². The molecule has 1 N–H and O–H groups in total. The molecule has 0 spiro atoms. The van der Waals surface area contributed by atoms with Crippen LogP contribution in [0.5, 0.6) is 11.5 Å². The van der Waals surface area contributed by atoms with Crippen LogP contribution in [0.15, 0.2) is 51.8 Å². The largest absolute Gasteiger partial charge is 0.493 e. The number of rotatable bonds is 8. The van der Waals surface area contributed by atoms with Crippen molar-refractivity contribution in [3.8, 4) is 11.5 Å². The predicted molar refractivity (Wildman–Crippen MR) is 141 cm³/mol. The zero-order chi connectivity index (χ0) is 26.4. The Morgan fingerprint density at radius 2 is 1.89 bits per heavy atom. The minimum absolute atomic E-state index is 0.143. The highest BCUT2D eigenvalue weighted by Crippen LogP contribution is 2.34. The normalized spacial score (nSPS) is 16.8. The van der Waals surface area contributed by atoms with Gasteiger partial charge in [0.1, 0.15) is 6.54 Å². The number of para-hydroxylation sites is 1. The van der Waals surface area contributed by atoms with Gasteiger partial charge in [-0.1, -0.05) is 18.2 Å². The van der Waals surface area contributed by atoms with E-state index in [1.807, 2.05) is 0 Å². The number of amides is 4. The van der Waals surface area contributed by atoms with Crippen LogP contribution < -0.4 is 14.8 Å². The minimum Gasteiger partial charge on any atom is -0.493 e. The Morgan fingerprint density at radius 3 is 2.62 bits per heavy atom. The number of benzene rings is 2. The fourth-order valence-corrected chi connectivity index (χ4v) is 4.84. The monoisotopic (exact) mass is 589 g/mol. The van der Waals surface area contributed by atoms with Crippen molar-refractivity contribution in [2.24, 2.45) is 0 Å². The van der Waals surface area contributed by atoms with Crippen LogP contribution in [0.4, 0.5) is 10.5 Å². The van der Waals surface area contributed by atoms with Gasteiger partial charge < -0.3 is 24.4 Å². The Labute approximate surface area is 226 Å². The smallest absolute Gasteiger partial charge is 0.294 e. The quantitative estimate of drug-likeness (QED) is 0.466. The van der Waals surface area contributed by atoms with Crippen LogP contribution in [0.2, 0.25) is 0 Å². The summed E-state index contributed by atoms with van der Waals surface area (Å²) in [7, 11) is 1.47. The Balaban J connectivity index is 1.39. The van der Waals surface area contributed by atoms with Crippen LogP contribution >= 0.6 is 27.7 Å². The summed E-state index contributed by atoms with van der Waals surface area (Å²) in [5.41, 5.74) is 1.13. The van der Waals surface area contributed by atoms with E-state index in [9.17, 15) is 19.2 Å². The Hall–Kier alpha value is -3.35. The molecule has 10 nitrogen and oxygen atoms in total. The van der Waals surface area contributed by atoms with E-state index < -0.39 is 23.6 Å². The lowest BCUT2D eigenvalue weighted by Gasteiger charge is -2.26. The van der Waals surface area contributed by atoms with E-state index in [0.717, 1.165) is 16.7 Å². The van der Waals surface area contributed by atoms with Crippen molar-refractivity contribution in [2.75, 3.05) is 51.9 Å². The van der Waals surface area contributed by atoms with Gasteiger partial charge in [0.2, 0.25) is 5.91 Å². The van der Waals surface area contributed by atoms with E-state index in [1.54, 1.807) is 53.4 Å². The molecule has 37 heavy (non-hydrogen) atoms. The molecule has 2 aliphatic rings. The first-order chi connectivity index (χ1) is 17.9. The average Bonchev–Trinajstić information content (AvgIpc) is 3.16. The number of halogens is 1. The molecule has 12 heteroatoms. The third-order valence-electron chi connectivity index (χ3n) is 5.52. The second kappa shape index (κ2) is 12.3. The summed E-state index contributed by atoms with van der Waals surface area (Å²) < 4.78 is 17.0. The van der Waals surface area contributed by atoms with Crippen LogP contribution in [-0.4, -0.2) is 79.3 Å². The average molecular weight is 590 g/mol. The van der Waals surface area contributed by atoms with Crippen LogP contribution in [0.25, 0.3) is 6.08 Å². The third-order valence-corrected chi connectivity index (χ3v) is 7.12. The summed E-state index contributed by atoms with van der Waals surface area (Å²) in [6.45, 7) is 1.51. The lowest BCUT2D eigenvalue weighted by atomic mass is 10.2. The van der Waals surface area contributed by atoms with Crippen molar-refractivity contribution >= 4 is 62.4 Å². The van der Waals surface area contributed by atoms with Crippen molar-refractivity contribution in [1.29, 1.82) is 0 Å². The number of carbonyl (C=O) groups is 4. The summed E-state index contributed by atoms with van der Waals surface area (Å²) in [5, 5.41) is 2.15. The maximum absolute atomic E-state index is 12.8. The molecule has 194 valence electrons. The van der Waals surface area contributed by atoms with E-state index in [-0.39, 0.29) is 17.4 Å². The van der Waals surface area contributed by atoms with Gasteiger partial charge in [0, 0.05) is 17.6 Å². The Morgan fingerprint density at radius 1 is 1.14 bits per heavy atom. The summed E-state index contributed by atoms with van der Waals surface area (Å²) in [6, 6.07) is 12.0. The van der Waals surface area contributed by atoms with Crippen molar-refractivity contribution in [1.82, 2.24) is 9.80 Å². The van der Waals surface area contributed by atoms with Crippen LogP contribution in [0, 0.1) is 0 Å². The fraction of sp³-hybridized carbons (Fsp3) is 0.280. The molecule has 0 saturated carbocycles. The van der Waals surface area contributed by atoms with Crippen molar-refractivity contribution in [3.05, 3.63) is 57.4 Å². The van der Waals surface area contributed by atoms with Gasteiger partial charge in [-0.2, -0.15) is 0 Å². The molecule has 4 rings (SSSR count). The van der Waals surface area contributed by atoms with E-state index >= 15 is 0 Å². The summed E-state index contributed by atoms with van der Waals surface area (Å²) in [4.78, 5) is 52.8. The topological polar surface area (TPSA) is 114 Å². The second-order valence-electron chi connectivity index (χ2n) is 7.99. The van der Waals surface area contributed by atoms with Gasteiger partial charge in [-0.25, -0.2) is 0 Å². The molecule has 0 aromatic heterocycles. The van der Waals surface area contributed by atoms with Crippen molar-refractivity contribution < 1.29 is 33.4 Å². The number of imide groups is 1. The fourth-order valence-electron chi connectivity index (χ4n) is 3.62. The molecule has 2 aromatic rings. The van der Waals surface area contributed by atoms with Crippen molar-refractivity contribution in [2.45, 2.75) is 0 Å². The molecular weight excluding hydrogens is 566 g/mol. The highest BCUT2D eigenvalue weighted by molar-refractivity contribution is 9.10. The van der Waals surface area contributed by atoms with E-state index in [0.29, 0.717) is 53.5 Å². The highest BCUT2D eigenvalue weighted by atomic mass is 79.9. The number of thioether (sulfide) groups is 1. The van der Waals surface area contributed by atoms with Gasteiger partial charge in [0.25, 0.3) is 17.1 Å². The molecular formula is C25H24BrN3O7S. The Bertz CT molecular complexity index is 1250. The van der Waals surface area contributed by atoms with E-state index in [4.69, 9.17) is 14.2 Å².